The van der Waals surface area contributed by atoms with Crippen molar-refractivity contribution < 1.29 is 110 Å². The molecule has 0 amide bonds. The first-order valence-corrected chi connectivity index (χ1v) is 22.2. The summed E-state index contributed by atoms with van der Waals surface area (Å²) in [4.78, 5) is 4.35. The molecule has 1 heterocycles. The van der Waals surface area contributed by atoms with Crippen LogP contribution in [0, 0.1) is 20.8 Å². The highest BCUT2D eigenvalue weighted by molar-refractivity contribution is 7.20. The molecule has 7 aromatic rings. The van der Waals surface area contributed by atoms with Crippen molar-refractivity contribution in [3.63, 3.8) is 0 Å². The van der Waals surface area contributed by atoms with Gasteiger partial charge in [-0.15, -0.1) is 0 Å². The highest BCUT2D eigenvalue weighted by Crippen LogP contribution is 2.41. The lowest BCUT2D eigenvalue weighted by atomic mass is 9.12. The molecule has 1 aromatic heterocycles. The van der Waals surface area contributed by atoms with Gasteiger partial charge in [-0.2, -0.15) is 132 Å². The topological polar surface area (TPSA) is 16.8 Å². The summed E-state index contributed by atoms with van der Waals surface area (Å²) < 4.78 is 343. The van der Waals surface area contributed by atoms with Crippen molar-refractivity contribution in [3.8, 4) is 11.3 Å². The highest BCUT2D eigenvalue weighted by atomic mass is 19.4. The summed E-state index contributed by atoms with van der Waals surface area (Å²) in [6.45, 7) is 7.35. The maximum atomic E-state index is 14.2. The normalized spacial score (nSPS) is 13.3. The highest BCUT2D eigenvalue weighted by Gasteiger charge is 2.47. The zero-order valence-electron chi connectivity index (χ0n) is 40.0. The lowest BCUT2D eigenvalue weighted by Gasteiger charge is -2.46. The number of hydrogen-bond acceptors (Lipinski definition) is 1. The van der Waals surface area contributed by atoms with E-state index in [1.54, 1.807) is 0 Å². The number of aromatic nitrogens is 2. The largest absolute Gasteiger partial charge is 0.416 e. The van der Waals surface area contributed by atoms with Crippen molar-refractivity contribution in [2.45, 2.75) is 76.7 Å². The van der Waals surface area contributed by atoms with Crippen molar-refractivity contribution in [2.75, 3.05) is 0 Å². The minimum atomic E-state index is -6.13. The van der Waals surface area contributed by atoms with Gasteiger partial charge in [0.25, 0.3) is 0 Å². The Morgan fingerprint density at radius 1 is 0.367 bits per heavy atom. The number of alkyl halides is 24. The van der Waals surface area contributed by atoms with Gasteiger partial charge in [-0.1, -0.05) is 96.6 Å². The first kappa shape index (κ1) is 61.0. The van der Waals surface area contributed by atoms with Gasteiger partial charge in [-0.05, 0) is 56.2 Å². The van der Waals surface area contributed by atoms with E-state index in [1.165, 1.54) is 33.5 Å². The number of rotatable bonds is 7. The summed E-state index contributed by atoms with van der Waals surface area (Å²) in [5.41, 5.74) is -22.6. The van der Waals surface area contributed by atoms with Gasteiger partial charge < -0.3 is 0 Å². The molecule has 0 spiro atoms. The summed E-state index contributed by atoms with van der Waals surface area (Å²) in [5, 5.41) is 0. The van der Waals surface area contributed by atoms with Crippen molar-refractivity contribution in [1.29, 1.82) is 0 Å². The number of hydrogen-bond donors (Lipinski definition) is 0. The molecule has 7 rings (SSSR count). The predicted molar refractivity (Wildman–Crippen MR) is 240 cm³/mol. The first-order valence-electron chi connectivity index (χ1n) is 22.2. The van der Waals surface area contributed by atoms with Crippen LogP contribution in [0.2, 0.25) is 0 Å². The Hall–Kier alpha value is -7.22. The summed E-state index contributed by atoms with van der Waals surface area (Å²) in [7, 11) is 0. The number of nitrogens with zero attached hydrogens (tertiary/aromatic N) is 2. The Labute approximate surface area is 430 Å². The zero-order chi connectivity index (χ0) is 59.4. The minimum absolute atomic E-state index is 0.691. The molecule has 0 atom stereocenters. The molecular formula is C52H33BF24N2. The van der Waals surface area contributed by atoms with E-state index >= 15 is 0 Å². The van der Waals surface area contributed by atoms with E-state index in [1.807, 2.05) is 12.4 Å². The lowest BCUT2D eigenvalue weighted by Crippen LogP contribution is -2.75. The fourth-order valence-corrected chi connectivity index (χ4v) is 9.17. The number of halogens is 24. The summed E-state index contributed by atoms with van der Waals surface area (Å²) in [6, 6.07) is 6.20. The van der Waals surface area contributed by atoms with Gasteiger partial charge in [0.15, 0.2) is 12.7 Å². The van der Waals surface area contributed by atoms with E-state index < -0.39 is 195 Å². The Kier molecular flexibility index (Phi) is 16.3. The summed E-state index contributed by atoms with van der Waals surface area (Å²) >= 11 is 0. The van der Waals surface area contributed by atoms with Crippen LogP contribution in [-0.2, 0) is 56.0 Å². The third-order valence-corrected chi connectivity index (χ3v) is 12.4. The molecule has 0 bridgehead atoms. The second-order valence-corrected chi connectivity index (χ2v) is 18.1. The standard InChI is InChI=1S/C32H12BF24.C20H21N2/c34-25(35,36)13-1-14(26(37,38)39)6-21(5-13)33(22-7-15(27(40,41)42)2-16(8-22)28(43,44)45,23-9-17(29(46,47)48)3-18(10-23)30(49,50)51)24-11-19(31(52,53)54)4-20(12-24)32(55,56)57;1-15-11-16(2)20(17(3)12-15)19-13-21-9-10-22(19)14-18-7-5-4-6-8-18/h1-12H;4-13H,14H2,1-3H3/q-1;+1. The van der Waals surface area contributed by atoms with Crippen LogP contribution in [0.1, 0.15) is 66.8 Å². The van der Waals surface area contributed by atoms with Crippen LogP contribution in [-0.4, -0.2) is 11.1 Å². The van der Waals surface area contributed by atoms with Gasteiger partial charge in [0.2, 0.25) is 5.69 Å². The molecular weight excluding hydrogens is 1120 g/mol. The van der Waals surface area contributed by atoms with Crippen LogP contribution in [0.5, 0.6) is 0 Å². The smallest absolute Gasteiger partial charge is 0.252 e. The average Bonchev–Trinajstić information content (AvgIpc) is 3.49. The van der Waals surface area contributed by atoms with Gasteiger partial charge in [0, 0.05) is 5.56 Å². The molecule has 79 heavy (non-hydrogen) atoms. The third-order valence-electron chi connectivity index (χ3n) is 12.4. The zero-order valence-corrected chi connectivity index (χ0v) is 40.0. The third kappa shape index (κ3) is 13.8. The second-order valence-electron chi connectivity index (χ2n) is 18.1. The molecule has 0 aliphatic rings. The quantitative estimate of drug-likeness (QED) is 0.0883. The molecule has 422 valence electrons. The summed E-state index contributed by atoms with van der Waals surface area (Å²) in [5.74, 6) is 0. The van der Waals surface area contributed by atoms with Crippen molar-refractivity contribution >= 4 is 28.0 Å². The van der Waals surface area contributed by atoms with E-state index in [0.717, 1.165) is 6.54 Å². The van der Waals surface area contributed by atoms with Gasteiger partial charge in [0.05, 0.1) is 62.5 Å². The Morgan fingerprint density at radius 3 is 0.886 bits per heavy atom. The van der Waals surface area contributed by atoms with E-state index in [0.29, 0.717) is 0 Å². The molecule has 0 saturated heterocycles. The SMILES string of the molecule is Cc1cc(C)c(-c2cncc[n+]2Cc2ccccc2)c(C)c1.FC(F)(F)c1cc([B-](c2cc(C(F)(F)F)cc(C(F)(F)F)c2)(c2cc(C(F)(F)F)cc(C(F)(F)F)c2)c2cc(C(F)(F)F)cc(C(F)(F)F)c2)cc(C(F)(F)F)c1. The van der Waals surface area contributed by atoms with Crippen LogP contribution >= 0.6 is 0 Å². The molecule has 27 heteroatoms. The van der Waals surface area contributed by atoms with Crippen LogP contribution in [0.25, 0.3) is 11.3 Å². The van der Waals surface area contributed by atoms with Crippen LogP contribution < -0.4 is 26.4 Å². The Balaban J connectivity index is 0.000000378. The van der Waals surface area contributed by atoms with E-state index in [9.17, 15) is 105 Å². The van der Waals surface area contributed by atoms with Crippen molar-refractivity contribution in [1.82, 2.24) is 4.98 Å². The van der Waals surface area contributed by atoms with Gasteiger partial charge in [-0.3, -0.25) is 4.98 Å². The fraction of sp³-hybridized carbons (Fsp3) is 0.231. The molecule has 0 unspecified atom stereocenters. The molecule has 2 nitrogen and oxygen atoms in total. The van der Waals surface area contributed by atoms with Crippen molar-refractivity contribution in [2.24, 2.45) is 0 Å². The van der Waals surface area contributed by atoms with Gasteiger partial charge in [0.1, 0.15) is 6.15 Å². The number of aryl methyl sites for hydroxylation is 3. The fourth-order valence-electron chi connectivity index (χ4n) is 9.17. The lowest BCUT2D eigenvalue weighted by molar-refractivity contribution is -0.678. The second kappa shape index (κ2) is 21.1. The van der Waals surface area contributed by atoms with Gasteiger partial charge >= 0.3 is 49.4 Å². The van der Waals surface area contributed by atoms with Crippen LogP contribution in [0.4, 0.5) is 105 Å². The molecule has 0 radical (unpaired) electrons. The number of benzene rings is 6. The minimum Gasteiger partial charge on any atom is -0.252 e. The van der Waals surface area contributed by atoms with E-state index in [-0.39, 0.29) is 0 Å². The Bertz CT molecular complexity index is 2880. The molecule has 6 aromatic carbocycles. The molecule has 0 saturated carbocycles. The predicted octanol–water partition coefficient (Wildman–Crippen LogP) is 15.2. The Morgan fingerprint density at radius 2 is 0.633 bits per heavy atom. The monoisotopic (exact) mass is 1150 g/mol. The molecule has 0 fully saturated rings. The maximum absolute atomic E-state index is 14.2. The van der Waals surface area contributed by atoms with E-state index in [2.05, 4.69) is 79.0 Å². The van der Waals surface area contributed by atoms with Crippen LogP contribution in [0.15, 0.2) is 134 Å². The molecule has 0 aliphatic carbocycles. The van der Waals surface area contributed by atoms with Gasteiger partial charge in [-0.25, -0.2) is 0 Å². The molecule has 0 aliphatic heterocycles. The van der Waals surface area contributed by atoms with Crippen molar-refractivity contribution in [3.05, 3.63) is 201 Å². The first-order chi connectivity index (χ1) is 35.9. The average molecular weight is 1150 g/mol. The summed E-state index contributed by atoms with van der Waals surface area (Å²) in [6.07, 6.45) is -48.9. The maximum Gasteiger partial charge on any atom is 0.416 e. The van der Waals surface area contributed by atoms with Crippen LogP contribution in [0.3, 0.4) is 0 Å². The van der Waals surface area contributed by atoms with E-state index in [4.69, 9.17) is 0 Å². The molecule has 0 N–H and O–H groups in total.